The Morgan fingerprint density at radius 3 is 2.40 bits per heavy atom. The predicted molar refractivity (Wildman–Crippen MR) is 122 cm³/mol. The van der Waals surface area contributed by atoms with Gasteiger partial charge in [-0.3, -0.25) is 14.4 Å². The first-order chi connectivity index (χ1) is 14.3. The van der Waals surface area contributed by atoms with Crippen molar-refractivity contribution in [3.63, 3.8) is 0 Å². The zero-order valence-corrected chi connectivity index (χ0v) is 19.3. The van der Waals surface area contributed by atoms with Crippen molar-refractivity contribution in [3.8, 4) is 0 Å². The zero-order chi connectivity index (χ0) is 21.7. The van der Waals surface area contributed by atoms with Gasteiger partial charge in [0.25, 0.3) is 10.0 Å². The highest BCUT2D eigenvalue weighted by Crippen LogP contribution is 2.27. The van der Waals surface area contributed by atoms with E-state index in [1.54, 1.807) is 30.3 Å². The summed E-state index contributed by atoms with van der Waals surface area (Å²) in [5, 5.41) is 11.0. The van der Waals surface area contributed by atoms with Gasteiger partial charge in [-0.2, -0.15) is 0 Å². The smallest absolute Gasteiger partial charge is 0.264 e. The van der Waals surface area contributed by atoms with E-state index in [2.05, 4.69) is 15.5 Å². The fourth-order valence-electron chi connectivity index (χ4n) is 2.86. The summed E-state index contributed by atoms with van der Waals surface area (Å²) in [7, 11) is -3.94. The van der Waals surface area contributed by atoms with Crippen LogP contribution < -0.4 is 9.62 Å². The van der Waals surface area contributed by atoms with Crippen LogP contribution in [0.5, 0.6) is 0 Å². The van der Waals surface area contributed by atoms with E-state index < -0.39 is 15.9 Å². The maximum atomic E-state index is 13.3. The number of sulfonamides is 1. The van der Waals surface area contributed by atoms with E-state index >= 15 is 0 Å². The van der Waals surface area contributed by atoms with Crippen LogP contribution >= 0.6 is 23.1 Å². The molecular weight excluding hydrogens is 440 g/mol. The van der Waals surface area contributed by atoms with Crippen LogP contribution in [0.3, 0.4) is 0 Å². The summed E-state index contributed by atoms with van der Waals surface area (Å²) in [6, 6.07) is 13.5. The van der Waals surface area contributed by atoms with E-state index in [1.165, 1.54) is 35.2 Å². The number of nitrogens with zero attached hydrogens (tertiary/aromatic N) is 3. The molecule has 30 heavy (non-hydrogen) atoms. The monoisotopic (exact) mass is 462 g/mol. The Morgan fingerprint density at radius 2 is 1.77 bits per heavy atom. The Labute approximate surface area is 184 Å². The number of rotatable bonds is 8. The van der Waals surface area contributed by atoms with Crippen molar-refractivity contribution in [1.29, 1.82) is 0 Å². The third-order valence-corrected chi connectivity index (χ3v) is 7.68. The summed E-state index contributed by atoms with van der Waals surface area (Å²) in [5.74, 6) is 0.358. The first kappa shape index (κ1) is 22.3. The molecule has 7 nitrogen and oxygen atoms in total. The third-order valence-electron chi connectivity index (χ3n) is 4.03. The van der Waals surface area contributed by atoms with Crippen LogP contribution in [0.4, 0.5) is 10.8 Å². The highest BCUT2D eigenvalue weighted by molar-refractivity contribution is 8.01. The minimum Gasteiger partial charge on any atom is -0.299 e. The first-order valence-electron chi connectivity index (χ1n) is 9.22. The van der Waals surface area contributed by atoms with E-state index in [0.717, 1.165) is 25.5 Å². The Kier molecular flexibility index (Phi) is 7.11. The van der Waals surface area contributed by atoms with Gasteiger partial charge in [-0.15, -0.1) is 10.2 Å². The number of anilines is 2. The lowest BCUT2D eigenvalue weighted by atomic mass is 10.1. The highest BCUT2D eigenvalue weighted by atomic mass is 32.2. The predicted octanol–water partition coefficient (Wildman–Crippen LogP) is 4.10. The van der Waals surface area contributed by atoms with Crippen molar-refractivity contribution in [1.82, 2.24) is 10.2 Å². The lowest BCUT2D eigenvalue weighted by Gasteiger charge is -2.24. The molecule has 0 radical (unpaired) electrons. The molecule has 3 rings (SSSR count). The number of aromatic nitrogens is 2. The van der Waals surface area contributed by atoms with E-state index in [-0.39, 0.29) is 11.4 Å². The summed E-state index contributed by atoms with van der Waals surface area (Å²) < 4.78 is 28.6. The zero-order valence-electron chi connectivity index (χ0n) is 16.8. The number of hydrogen-bond acceptors (Lipinski definition) is 7. The molecule has 1 heterocycles. The van der Waals surface area contributed by atoms with Crippen molar-refractivity contribution >= 4 is 49.8 Å². The fraction of sp³-hybridized carbons (Fsp3) is 0.250. The molecule has 0 spiro atoms. The summed E-state index contributed by atoms with van der Waals surface area (Å²) in [6.07, 6.45) is 0. The quantitative estimate of drug-likeness (QED) is 0.400. The molecule has 0 aliphatic carbocycles. The molecule has 0 saturated carbocycles. The van der Waals surface area contributed by atoms with Crippen LogP contribution in [-0.4, -0.2) is 36.8 Å². The molecule has 0 unspecified atom stereocenters. The molecule has 0 atom stereocenters. The number of thioether (sulfide) groups is 1. The highest BCUT2D eigenvalue weighted by Gasteiger charge is 2.27. The molecule has 2 aromatic carbocycles. The van der Waals surface area contributed by atoms with Crippen LogP contribution in [0.25, 0.3) is 0 Å². The molecule has 0 saturated heterocycles. The Balaban J connectivity index is 1.92. The largest absolute Gasteiger partial charge is 0.299 e. The van der Waals surface area contributed by atoms with E-state index in [4.69, 9.17) is 0 Å². The van der Waals surface area contributed by atoms with Crippen molar-refractivity contribution in [2.45, 2.75) is 30.0 Å². The van der Waals surface area contributed by atoms with Crippen LogP contribution in [-0.2, 0) is 14.8 Å². The van der Waals surface area contributed by atoms with Crippen LogP contribution in [0.15, 0.2) is 57.8 Å². The molecule has 0 bridgehead atoms. The first-order valence-corrected chi connectivity index (χ1v) is 12.5. The second-order valence-electron chi connectivity index (χ2n) is 6.52. The van der Waals surface area contributed by atoms with Gasteiger partial charge in [0.1, 0.15) is 6.54 Å². The van der Waals surface area contributed by atoms with E-state index in [9.17, 15) is 13.2 Å². The minimum atomic E-state index is -3.94. The topological polar surface area (TPSA) is 92.3 Å². The number of carbonyl (C=O) groups is 1. The molecule has 1 amide bonds. The van der Waals surface area contributed by atoms with Gasteiger partial charge in [-0.25, -0.2) is 8.42 Å². The molecule has 158 valence electrons. The molecular formula is C20H22N4O3S3. The Bertz CT molecular complexity index is 1110. The summed E-state index contributed by atoms with van der Waals surface area (Å²) in [4.78, 5) is 12.8. The molecule has 1 aromatic heterocycles. The average molecular weight is 463 g/mol. The van der Waals surface area contributed by atoms with Crippen LogP contribution in [0.1, 0.15) is 18.1 Å². The number of aryl methyl sites for hydroxylation is 2. The molecule has 0 aliphatic rings. The van der Waals surface area contributed by atoms with Crippen molar-refractivity contribution in [3.05, 3.63) is 59.7 Å². The van der Waals surface area contributed by atoms with Gasteiger partial charge in [0.05, 0.1) is 10.6 Å². The van der Waals surface area contributed by atoms with Gasteiger partial charge >= 0.3 is 0 Å². The van der Waals surface area contributed by atoms with Crippen molar-refractivity contribution in [2.24, 2.45) is 0 Å². The van der Waals surface area contributed by atoms with E-state index in [1.807, 2.05) is 26.8 Å². The second-order valence-corrected chi connectivity index (χ2v) is 10.9. The number of nitrogens with one attached hydrogen (secondary N) is 1. The van der Waals surface area contributed by atoms with Crippen LogP contribution in [0, 0.1) is 13.8 Å². The molecule has 0 aliphatic heterocycles. The standard InChI is InChI=1S/C20H22N4O3S3/c1-4-28-20-23-22-19(29-20)21-18(25)13-24(16-11-14(2)10-15(3)12-16)30(26,27)17-8-6-5-7-9-17/h5-12H,4,13H2,1-3H3,(H,21,22,25). The molecule has 1 N–H and O–H groups in total. The number of carbonyl (C=O) groups excluding carboxylic acids is 1. The fourth-order valence-corrected chi connectivity index (χ4v) is 5.95. The number of hydrogen-bond donors (Lipinski definition) is 1. The summed E-state index contributed by atoms with van der Waals surface area (Å²) in [6.45, 7) is 5.40. The maximum absolute atomic E-state index is 13.3. The van der Waals surface area contributed by atoms with Crippen molar-refractivity contribution in [2.75, 3.05) is 21.9 Å². The number of benzene rings is 2. The van der Waals surface area contributed by atoms with Gasteiger partial charge < -0.3 is 0 Å². The second kappa shape index (κ2) is 9.59. The lowest BCUT2D eigenvalue weighted by Crippen LogP contribution is -2.38. The lowest BCUT2D eigenvalue weighted by molar-refractivity contribution is -0.114. The van der Waals surface area contributed by atoms with Gasteiger partial charge in [0.2, 0.25) is 11.0 Å². The van der Waals surface area contributed by atoms with Gasteiger partial charge in [0.15, 0.2) is 4.34 Å². The maximum Gasteiger partial charge on any atom is 0.264 e. The SMILES string of the molecule is CCSc1nnc(NC(=O)CN(c2cc(C)cc(C)c2)S(=O)(=O)c2ccccc2)s1. The minimum absolute atomic E-state index is 0.120. The van der Waals surface area contributed by atoms with Crippen molar-refractivity contribution < 1.29 is 13.2 Å². The number of amides is 1. The third kappa shape index (κ3) is 5.38. The molecule has 10 heteroatoms. The molecule has 0 fully saturated rings. The average Bonchev–Trinajstić information content (AvgIpc) is 3.13. The normalized spacial score (nSPS) is 11.3. The van der Waals surface area contributed by atoms with Gasteiger partial charge in [-0.1, -0.05) is 54.3 Å². The van der Waals surface area contributed by atoms with E-state index in [0.29, 0.717) is 10.8 Å². The Morgan fingerprint density at radius 1 is 1.10 bits per heavy atom. The van der Waals surface area contributed by atoms with Crippen LogP contribution in [0.2, 0.25) is 0 Å². The van der Waals surface area contributed by atoms with Gasteiger partial charge in [0, 0.05) is 0 Å². The van der Waals surface area contributed by atoms with Gasteiger partial charge in [-0.05, 0) is 55.0 Å². The summed E-state index contributed by atoms with van der Waals surface area (Å²) >= 11 is 2.78. The molecule has 3 aromatic rings. The Hall–Kier alpha value is -2.43. The summed E-state index contributed by atoms with van der Waals surface area (Å²) in [5.41, 5.74) is 2.25.